The molecule has 5 heteroatoms. The second kappa shape index (κ2) is 7.94. The molecular weight excluding hydrogens is 328 g/mol. The Labute approximate surface area is 155 Å². The summed E-state index contributed by atoms with van der Waals surface area (Å²) in [5.74, 6) is 2.67. The van der Waals surface area contributed by atoms with E-state index in [2.05, 4.69) is 24.3 Å². The van der Waals surface area contributed by atoms with Crippen LogP contribution >= 0.6 is 0 Å². The highest BCUT2D eigenvalue weighted by Gasteiger charge is 2.28. The Hall–Kier alpha value is -2.30. The summed E-state index contributed by atoms with van der Waals surface area (Å²) in [6, 6.07) is 7.56. The Morgan fingerprint density at radius 1 is 1.23 bits per heavy atom. The Morgan fingerprint density at radius 2 is 1.96 bits per heavy atom. The van der Waals surface area contributed by atoms with Gasteiger partial charge in [0.15, 0.2) is 0 Å². The highest BCUT2D eigenvalue weighted by Crippen LogP contribution is 2.29. The number of hydrogen-bond donors (Lipinski definition) is 1. The van der Waals surface area contributed by atoms with Crippen LogP contribution in [0.15, 0.2) is 28.8 Å². The minimum absolute atomic E-state index is 0.00627. The lowest BCUT2D eigenvalue weighted by Gasteiger charge is -2.34. The first-order chi connectivity index (χ1) is 12.5. The van der Waals surface area contributed by atoms with Crippen molar-refractivity contribution < 1.29 is 14.1 Å². The van der Waals surface area contributed by atoms with Crippen LogP contribution < -0.4 is 10.1 Å². The fourth-order valence-electron chi connectivity index (χ4n) is 3.60. The van der Waals surface area contributed by atoms with Gasteiger partial charge in [-0.25, -0.2) is 0 Å². The van der Waals surface area contributed by atoms with Crippen LogP contribution in [0.4, 0.5) is 0 Å². The molecule has 1 aliphatic carbocycles. The molecule has 5 nitrogen and oxygen atoms in total. The molecule has 1 saturated carbocycles. The topological polar surface area (TPSA) is 64.4 Å². The number of nitrogens with one attached hydrogen (secondary N) is 1. The Kier molecular flexibility index (Phi) is 5.64. The first kappa shape index (κ1) is 18.5. The molecule has 26 heavy (non-hydrogen) atoms. The smallest absolute Gasteiger partial charge is 0.251 e. The van der Waals surface area contributed by atoms with E-state index in [4.69, 9.17) is 9.26 Å². The molecule has 0 spiro atoms. The molecule has 1 N–H and O–H groups in total. The van der Waals surface area contributed by atoms with Crippen molar-refractivity contribution in [1.29, 1.82) is 0 Å². The van der Waals surface area contributed by atoms with E-state index in [0.717, 1.165) is 29.2 Å². The zero-order chi connectivity index (χ0) is 18.7. The van der Waals surface area contributed by atoms with E-state index in [1.807, 2.05) is 38.1 Å². The van der Waals surface area contributed by atoms with Crippen LogP contribution in [0.2, 0.25) is 0 Å². The van der Waals surface area contributed by atoms with Gasteiger partial charge in [0.1, 0.15) is 18.1 Å². The summed E-state index contributed by atoms with van der Waals surface area (Å²) in [4.78, 5) is 12.5. The highest BCUT2D eigenvalue weighted by atomic mass is 16.5. The lowest BCUT2D eigenvalue weighted by molar-refractivity contribution is 0.0891. The molecule has 1 aliphatic rings. The van der Waals surface area contributed by atoms with Crippen LogP contribution in [0.3, 0.4) is 0 Å². The number of aromatic nitrogens is 1. The summed E-state index contributed by atoms with van der Waals surface area (Å²) in [6.45, 7) is 8.69. The van der Waals surface area contributed by atoms with Crippen LogP contribution in [0, 0.1) is 25.7 Å². The minimum atomic E-state index is -0.00627. The zero-order valence-corrected chi connectivity index (χ0v) is 16.0. The normalized spacial score (nSPS) is 22.8. The maximum atomic E-state index is 12.5. The van der Waals surface area contributed by atoms with Gasteiger partial charge in [0, 0.05) is 11.6 Å². The molecule has 3 rings (SSSR count). The van der Waals surface area contributed by atoms with E-state index >= 15 is 0 Å². The maximum absolute atomic E-state index is 12.5. The molecular formula is C21H28N2O3. The van der Waals surface area contributed by atoms with Gasteiger partial charge in [-0.1, -0.05) is 31.8 Å². The van der Waals surface area contributed by atoms with Crippen LogP contribution in [-0.2, 0) is 6.61 Å². The molecule has 0 radical (unpaired) electrons. The number of rotatable bonds is 5. The summed E-state index contributed by atoms with van der Waals surface area (Å²) < 4.78 is 10.9. The van der Waals surface area contributed by atoms with E-state index in [1.165, 1.54) is 12.8 Å². The largest absolute Gasteiger partial charge is 0.489 e. The third-order valence-corrected chi connectivity index (χ3v) is 5.70. The monoisotopic (exact) mass is 356 g/mol. The zero-order valence-electron chi connectivity index (χ0n) is 16.0. The standard InChI is InChI=1S/C21H28N2O3/c1-13-6-5-7-20(14(13)2)22-21(24)17-8-10-18(11-9-17)25-12-19-15(3)23-26-16(19)4/h8-11,13-14,20H,5-7,12H2,1-4H3,(H,22,24)/t13-,14+,20+/m0/s1. The highest BCUT2D eigenvalue weighted by molar-refractivity contribution is 5.94. The van der Waals surface area contributed by atoms with Gasteiger partial charge in [0.25, 0.3) is 5.91 Å². The quantitative estimate of drug-likeness (QED) is 0.861. The number of carbonyl (C=O) groups excluding carboxylic acids is 1. The van der Waals surface area contributed by atoms with Crippen molar-refractivity contribution in [2.75, 3.05) is 0 Å². The lowest BCUT2D eigenvalue weighted by Crippen LogP contribution is -2.43. The Morgan fingerprint density at radius 3 is 2.62 bits per heavy atom. The number of ether oxygens (including phenoxy) is 1. The van der Waals surface area contributed by atoms with Crippen molar-refractivity contribution in [2.24, 2.45) is 11.8 Å². The predicted molar refractivity (Wildman–Crippen MR) is 100 cm³/mol. The van der Waals surface area contributed by atoms with E-state index in [9.17, 15) is 4.79 Å². The summed E-state index contributed by atoms with van der Waals surface area (Å²) >= 11 is 0. The van der Waals surface area contributed by atoms with E-state index in [1.54, 1.807) is 0 Å². The van der Waals surface area contributed by atoms with Gasteiger partial charge in [0.2, 0.25) is 0 Å². The number of carbonyl (C=O) groups is 1. The molecule has 1 fully saturated rings. The van der Waals surface area contributed by atoms with Crippen molar-refractivity contribution in [3.63, 3.8) is 0 Å². The molecule has 0 saturated heterocycles. The van der Waals surface area contributed by atoms with Gasteiger partial charge in [-0.2, -0.15) is 0 Å². The average molecular weight is 356 g/mol. The van der Waals surface area contributed by atoms with Gasteiger partial charge >= 0.3 is 0 Å². The van der Waals surface area contributed by atoms with Crippen molar-refractivity contribution in [3.8, 4) is 5.75 Å². The molecule has 1 aromatic heterocycles. The van der Waals surface area contributed by atoms with E-state index in [0.29, 0.717) is 24.0 Å². The fourth-order valence-corrected chi connectivity index (χ4v) is 3.60. The molecule has 140 valence electrons. The number of benzene rings is 1. The summed E-state index contributed by atoms with van der Waals surface area (Å²) in [7, 11) is 0. The molecule has 0 aliphatic heterocycles. The van der Waals surface area contributed by atoms with Crippen molar-refractivity contribution in [2.45, 2.75) is 59.6 Å². The number of hydrogen-bond acceptors (Lipinski definition) is 4. The predicted octanol–water partition coefficient (Wildman–Crippen LogP) is 4.42. The Bertz CT molecular complexity index is 732. The minimum Gasteiger partial charge on any atom is -0.489 e. The van der Waals surface area contributed by atoms with Gasteiger partial charge in [-0.3, -0.25) is 4.79 Å². The van der Waals surface area contributed by atoms with Crippen LogP contribution in [-0.4, -0.2) is 17.1 Å². The van der Waals surface area contributed by atoms with Crippen LogP contribution in [0.1, 0.15) is 60.5 Å². The Balaban J connectivity index is 1.57. The van der Waals surface area contributed by atoms with Crippen LogP contribution in [0.5, 0.6) is 5.75 Å². The van der Waals surface area contributed by atoms with Crippen molar-refractivity contribution >= 4 is 5.91 Å². The summed E-state index contributed by atoms with van der Waals surface area (Å²) in [5.41, 5.74) is 2.47. The van der Waals surface area contributed by atoms with Gasteiger partial charge in [-0.05, 0) is 56.4 Å². The summed E-state index contributed by atoms with van der Waals surface area (Å²) in [5, 5.41) is 7.13. The first-order valence-corrected chi connectivity index (χ1v) is 9.41. The molecule has 0 bridgehead atoms. The lowest BCUT2D eigenvalue weighted by atomic mass is 9.78. The second-order valence-electron chi connectivity index (χ2n) is 7.46. The van der Waals surface area contributed by atoms with Gasteiger partial charge < -0.3 is 14.6 Å². The summed E-state index contributed by atoms with van der Waals surface area (Å²) in [6.07, 6.45) is 3.51. The number of aryl methyl sites for hydroxylation is 2. The number of amides is 1. The first-order valence-electron chi connectivity index (χ1n) is 9.41. The third kappa shape index (κ3) is 4.09. The van der Waals surface area contributed by atoms with Gasteiger partial charge in [-0.15, -0.1) is 0 Å². The molecule has 1 heterocycles. The molecule has 0 unspecified atom stereocenters. The fraction of sp³-hybridized carbons (Fsp3) is 0.524. The molecule has 3 atom stereocenters. The van der Waals surface area contributed by atoms with Crippen LogP contribution in [0.25, 0.3) is 0 Å². The molecule has 1 aromatic carbocycles. The van der Waals surface area contributed by atoms with E-state index in [-0.39, 0.29) is 11.9 Å². The average Bonchev–Trinajstić information content (AvgIpc) is 2.95. The maximum Gasteiger partial charge on any atom is 0.251 e. The van der Waals surface area contributed by atoms with Crippen molar-refractivity contribution in [1.82, 2.24) is 10.5 Å². The second-order valence-corrected chi connectivity index (χ2v) is 7.46. The van der Waals surface area contributed by atoms with E-state index < -0.39 is 0 Å². The molecule has 2 aromatic rings. The molecule has 1 amide bonds. The van der Waals surface area contributed by atoms with Crippen molar-refractivity contribution in [3.05, 3.63) is 46.8 Å². The third-order valence-electron chi connectivity index (χ3n) is 5.70. The van der Waals surface area contributed by atoms with Gasteiger partial charge in [0.05, 0.1) is 11.3 Å². The SMILES string of the molecule is Cc1noc(C)c1COc1ccc(C(=O)N[C@@H]2CCC[C@H](C)[C@H]2C)cc1. The number of nitrogens with zero attached hydrogens (tertiary/aromatic N) is 1.